The molecule has 0 saturated carbocycles. The molecular formula is C17H17ClFNO3. The topological polar surface area (TPSA) is 58.6 Å². The van der Waals surface area contributed by atoms with Crippen LogP contribution in [0.25, 0.3) is 0 Å². The quantitative estimate of drug-likeness (QED) is 0.852. The van der Waals surface area contributed by atoms with Gasteiger partial charge in [0.1, 0.15) is 5.82 Å². The molecule has 0 bridgehead atoms. The molecule has 0 radical (unpaired) electrons. The molecule has 2 rings (SSSR count). The zero-order chi connectivity index (χ0) is 16.8. The third-order valence-electron chi connectivity index (χ3n) is 3.42. The molecule has 23 heavy (non-hydrogen) atoms. The van der Waals surface area contributed by atoms with Crippen molar-refractivity contribution in [2.45, 2.75) is 12.1 Å². The molecule has 0 heterocycles. The highest BCUT2D eigenvalue weighted by Crippen LogP contribution is 2.22. The summed E-state index contributed by atoms with van der Waals surface area (Å²) < 4.78 is 18.8. The van der Waals surface area contributed by atoms with Crippen LogP contribution >= 0.6 is 11.6 Å². The maximum atomic E-state index is 13.6. The Balaban J connectivity index is 2.17. The van der Waals surface area contributed by atoms with Gasteiger partial charge in [0, 0.05) is 7.11 Å². The molecule has 2 aromatic carbocycles. The Kier molecular flexibility index (Phi) is 6.10. The molecule has 0 aliphatic rings. The van der Waals surface area contributed by atoms with Gasteiger partial charge in [-0.1, -0.05) is 48.0 Å². The number of nitrogens with one attached hydrogen (secondary N) is 1. The smallest absolute Gasteiger partial charge is 0.254 e. The summed E-state index contributed by atoms with van der Waals surface area (Å²) in [6, 6.07) is 12.3. The van der Waals surface area contributed by atoms with Crippen molar-refractivity contribution in [3.63, 3.8) is 0 Å². The van der Waals surface area contributed by atoms with E-state index in [9.17, 15) is 14.3 Å². The molecule has 0 fully saturated rings. The van der Waals surface area contributed by atoms with Crippen LogP contribution in [0.2, 0.25) is 5.02 Å². The van der Waals surface area contributed by atoms with Gasteiger partial charge in [-0.15, -0.1) is 0 Å². The average Bonchev–Trinajstić information content (AvgIpc) is 2.57. The number of aliphatic hydroxyl groups is 1. The van der Waals surface area contributed by atoms with Crippen molar-refractivity contribution in [1.82, 2.24) is 5.32 Å². The number of hydrogen-bond acceptors (Lipinski definition) is 3. The van der Waals surface area contributed by atoms with Gasteiger partial charge >= 0.3 is 0 Å². The highest BCUT2D eigenvalue weighted by atomic mass is 35.5. The Morgan fingerprint density at radius 2 is 1.96 bits per heavy atom. The number of carbonyl (C=O) groups excluding carboxylic acids is 1. The van der Waals surface area contributed by atoms with Crippen LogP contribution in [0, 0.1) is 5.82 Å². The van der Waals surface area contributed by atoms with E-state index in [-0.39, 0.29) is 11.6 Å². The van der Waals surface area contributed by atoms with Crippen LogP contribution in [0.1, 0.15) is 23.3 Å². The molecule has 0 aliphatic carbocycles. The molecule has 0 aromatic heterocycles. The first kappa shape index (κ1) is 17.4. The number of hydrogen-bond donors (Lipinski definition) is 2. The van der Waals surface area contributed by atoms with Gasteiger partial charge in [0.05, 0.1) is 17.7 Å². The lowest BCUT2D eigenvalue weighted by atomic mass is 10.1. The minimum atomic E-state index is -0.817. The molecule has 0 spiro atoms. The van der Waals surface area contributed by atoms with Gasteiger partial charge in [0.25, 0.3) is 5.91 Å². The predicted octanol–water partition coefficient (Wildman–Crippen LogP) is 3.02. The van der Waals surface area contributed by atoms with E-state index < -0.39 is 23.9 Å². The Morgan fingerprint density at radius 1 is 1.26 bits per heavy atom. The second kappa shape index (κ2) is 8.06. The molecule has 4 nitrogen and oxygen atoms in total. The lowest BCUT2D eigenvalue weighted by Crippen LogP contribution is -2.35. The van der Waals surface area contributed by atoms with Crippen molar-refractivity contribution >= 4 is 17.5 Å². The number of halogens is 2. The van der Waals surface area contributed by atoms with E-state index in [1.54, 1.807) is 30.3 Å². The number of amides is 1. The summed E-state index contributed by atoms with van der Waals surface area (Å²) in [6.07, 6.45) is -0.817. The lowest BCUT2D eigenvalue weighted by Gasteiger charge is -2.21. The molecule has 6 heteroatoms. The van der Waals surface area contributed by atoms with Crippen molar-refractivity contribution in [3.8, 4) is 0 Å². The highest BCUT2D eigenvalue weighted by molar-refractivity contribution is 6.30. The summed E-state index contributed by atoms with van der Waals surface area (Å²) in [7, 11) is 1.42. The Bertz CT molecular complexity index is 666. The number of ether oxygens (including phenoxy) is 1. The van der Waals surface area contributed by atoms with Gasteiger partial charge in [0.15, 0.2) is 6.10 Å². The van der Waals surface area contributed by atoms with Crippen molar-refractivity contribution < 1.29 is 19.0 Å². The number of carbonyl (C=O) groups is 1. The molecule has 0 unspecified atom stereocenters. The SMILES string of the molecule is CO[C@@H](C(=O)N[C@H](CO)c1ccc(Cl)c(F)c1)c1ccccc1. The molecule has 0 aliphatic heterocycles. The van der Waals surface area contributed by atoms with Crippen molar-refractivity contribution in [2.75, 3.05) is 13.7 Å². The molecule has 2 N–H and O–H groups in total. The van der Waals surface area contributed by atoms with Gasteiger partial charge in [-0.2, -0.15) is 0 Å². The van der Waals surface area contributed by atoms with Crippen molar-refractivity contribution in [1.29, 1.82) is 0 Å². The Morgan fingerprint density at radius 3 is 2.52 bits per heavy atom. The third-order valence-corrected chi connectivity index (χ3v) is 3.73. The third kappa shape index (κ3) is 4.28. The largest absolute Gasteiger partial charge is 0.394 e. The van der Waals surface area contributed by atoms with Gasteiger partial charge in [-0.05, 0) is 23.3 Å². The zero-order valence-electron chi connectivity index (χ0n) is 12.5. The zero-order valence-corrected chi connectivity index (χ0v) is 13.3. The van der Waals surface area contributed by atoms with E-state index >= 15 is 0 Å². The van der Waals surface area contributed by atoms with Crippen LogP contribution in [-0.4, -0.2) is 24.7 Å². The molecule has 0 saturated heterocycles. The Hall–Kier alpha value is -1.95. The van der Waals surface area contributed by atoms with Crippen molar-refractivity contribution in [2.24, 2.45) is 0 Å². The maximum absolute atomic E-state index is 13.6. The van der Waals surface area contributed by atoms with Gasteiger partial charge in [-0.3, -0.25) is 4.79 Å². The van der Waals surface area contributed by atoms with E-state index in [0.29, 0.717) is 11.1 Å². The first-order valence-electron chi connectivity index (χ1n) is 7.00. The highest BCUT2D eigenvalue weighted by Gasteiger charge is 2.23. The van der Waals surface area contributed by atoms with Gasteiger partial charge in [0.2, 0.25) is 0 Å². The fourth-order valence-corrected chi connectivity index (χ4v) is 2.35. The fourth-order valence-electron chi connectivity index (χ4n) is 2.23. The standard InChI is InChI=1S/C17H17ClFNO3/c1-23-16(11-5-3-2-4-6-11)17(22)20-15(10-21)12-7-8-13(18)14(19)9-12/h2-9,15-16,21H,10H2,1H3,(H,20,22)/t15-,16-/m1/s1. The summed E-state index contributed by atoms with van der Waals surface area (Å²) in [6.45, 7) is -0.377. The minimum absolute atomic E-state index is 0.0178. The van der Waals surface area contributed by atoms with E-state index in [2.05, 4.69) is 5.32 Å². The van der Waals surface area contributed by atoms with Crippen LogP contribution in [-0.2, 0) is 9.53 Å². The molecule has 1 amide bonds. The average molecular weight is 338 g/mol. The molecule has 2 atom stereocenters. The van der Waals surface area contributed by atoms with Crippen LogP contribution in [0.5, 0.6) is 0 Å². The van der Waals surface area contributed by atoms with E-state index in [1.807, 2.05) is 6.07 Å². The van der Waals surface area contributed by atoms with Crippen LogP contribution < -0.4 is 5.32 Å². The summed E-state index contributed by atoms with van der Waals surface area (Å²) >= 11 is 5.64. The van der Waals surface area contributed by atoms with Gasteiger partial charge < -0.3 is 15.2 Å². The number of rotatable bonds is 6. The first-order chi connectivity index (χ1) is 11.1. The maximum Gasteiger partial charge on any atom is 0.254 e. The van der Waals surface area contributed by atoms with E-state index in [0.717, 1.165) is 0 Å². The van der Waals surface area contributed by atoms with E-state index in [4.69, 9.17) is 16.3 Å². The second-order valence-corrected chi connectivity index (χ2v) is 5.35. The Labute approximate surface area is 138 Å². The lowest BCUT2D eigenvalue weighted by molar-refractivity contribution is -0.132. The van der Waals surface area contributed by atoms with Crippen LogP contribution in [0.3, 0.4) is 0 Å². The summed E-state index contributed by atoms with van der Waals surface area (Å²) in [5, 5.41) is 12.1. The van der Waals surface area contributed by atoms with E-state index in [1.165, 1.54) is 19.2 Å². The van der Waals surface area contributed by atoms with Crippen LogP contribution in [0.4, 0.5) is 4.39 Å². The van der Waals surface area contributed by atoms with Crippen LogP contribution in [0.15, 0.2) is 48.5 Å². The molecule has 122 valence electrons. The minimum Gasteiger partial charge on any atom is -0.394 e. The van der Waals surface area contributed by atoms with Crippen molar-refractivity contribution in [3.05, 3.63) is 70.5 Å². The monoisotopic (exact) mass is 337 g/mol. The summed E-state index contributed by atoms with van der Waals surface area (Å²) in [5.74, 6) is -1.03. The number of benzene rings is 2. The first-order valence-corrected chi connectivity index (χ1v) is 7.38. The molecule has 2 aromatic rings. The van der Waals surface area contributed by atoms with Gasteiger partial charge in [-0.25, -0.2) is 4.39 Å². The summed E-state index contributed by atoms with van der Waals surface area (Å²) in [5.41, 5.74) is 1.11. The number of aliphatic hydroxyl groups excluding tert-OH is 1. The number of methoxy groups -OCH3 is 1. The second-order valence-electron chi connectivity index (χ2n) is 4.94. The normalized spacial score (nSPS) is 13.4. The summed E-state index contributed by atoms with van der Waals surface area (Å²) in [4.78, 5) is 12.4. The predicted molar refractivity (Wildman–Crippen MR) is 85.6 cm³/mol. The fraction of sp³-hybridized carbons (Fsp3) is 0.235. The molecular weight excluding hydrogens is 321 g/mol.